The van der Waals surface area contributed by atoms with Crippen LogP contribution in [-0.2, 0) is 12.4 Å². The first-order valence-electron chi connectivity index (χ1n) is 9.45. The van der Waals surface area contributed by atoms with Gasteiger partial charge in [-0.3, -0.25) is 0 Å². The number of rotatable bonds is 3. The quantitative estimate of drug-likeness (QED) is 0.408. The number of nitrogens with zero attached hydrogens (tertiary/aromatic N) is 1. The molecule has 3 N–H and O–H groups in total. The van der Waals surface area contributed by atoms with Gasteiger partial charge in [0.1, 0.15) is 0 Å². The highest BCUT2D eigenvalue weighted by molar-refractivity contribution is 6.42. The van der Waals surface area contributed by atoms with E-state index in [9.17, 15) is 41.0 Å². The molecular formula is C20H15Cl2F6N3O3. The van der Waals surface area contributed by atoms with Crippen LogP contribution in [0.4, 0.5) is 41.6 Å². The van der Waals surface area contributed by atoms with E-state index in [1.54, 1.807) is 6.07 Å². The highest BCUT2D eigenvalue weighted by Crippen LogP contribution is 2.38. The van der Waals surface area contributed by atoms with Gasteiger partial charge in [0.15, 0.2) is 0 Å². The zero-order chi connectivity index (χ0) is 25.4. The molecule has 0 aliphatic carbocycles. The van der Waals surface area contributed by atoms with Crippen LogP contribution in [0.1, 0.15) is 22.6 Å². The lowest BCUT2D eigenvalue weighted by atomic mass is 9.94. The molecule has 2 atom stereocenters. The summed E-state index contributed by atoms with van der Waals surface area (Å²) in [5, 5.41) is 14.1. The molecule has 1 aliphatic heterocycles. The van der Waals surface area contributed by atoms with Gasteiger partial charge in [-0.15, -0.1) is 0 Å². The first-order valence-corrected chi connectivity index (χ1v) is 10.2. The molecule has 2 aromatic carbocycles. The van der Waals surface area contributed by atoms with Crippen molar-refractivity contribution in [3.05, 3.63) is 63.1 Å². The normalized spacial score (nSPS) is 18.6. The molecule has 3 rings (SSSR count). The summed E-state index contributed by atoms with van der Waals surface area (Å²) in [6, 6.07) is 3.21. The molecule has 1 aliphatic rings. The third-order valence-corrected chi connectivity index (χ3v) is 5.86. The summed E-state index contributed by atoms with van der Waals surface area (Å²) in [5.74, 6) is -0.608. The third kappa shape index (κ3) is 5.98. The van der Waals surface area contributed by atoms with E-state index in [1.807, 2.05) is 5.32 Å². The summed E-state index contributed by atoms with van der Waals surface area (Å²) in [6.45, 7) is -0.218. The Morgan fingerprint density at radius 1 is 0.912 bits per heavy atom. The summed E-state index contributed by atoms with van der Waals surface area (Å²) in [7, 11) is 0. The Labute approximate surface area is 198 Å². The number of carboxylic acid groups (broad SMARTS) is 1. The highest BCUT2D eigenvalue weighted by Gasteiger charge is 2.39. The lowest BCUT2D eigenvalue weighted by Crippen LogP contribution is -2.42. The maximum atomic E-state index is 13.0. The average Bonchev–Trinajstić information content (AvgIpc) is 3.12. The predicted octanol–water partition coefficient (Wildman–Crippen LogP) is 6.30. The first kappa shape index (κ1) is 25.8. The third-order valence-electron chi connectivity index (χ3n) is 5.12. The van der Waals surface area contributed by atoms with Gasteiger partial charge in [-0.2, -0.15) is 26.3 Å². The van der Waals surface area contributed by atoms with Crippen molar-refractivity contribution < 1.29 is 41.0 Å². The number of benzene rings is 2. The Morgan fingerprint density at radius 2 is 1.50 bits per heavy atom. The summed E-state index contributed by atoms with van der Waals surface area (Å²) < 4.78 is 78.3. The lowest BCUT2D eigenvalue weighted by molar-refractivity contribution is -0.143. The van der Waals surface area contributed by atoms with Crippen molar-refractivity contribution in [3.8, 4) is 0 Å². The van der Waals surface area contributed by atoms with Gasteiger partial charge in [-0.25, -0.2) is 9.59 Å². The van der Waals surface area contributed by atoms with Crippen molar-refractivity contribution in [2.24, 2.45) is 0 Å². The summed E-state index contributed by atoms with van der Waals surface area (Å²) >= 11 is 11.9. The second-order valence-corrected chi connectivity index (χ2v) is 8.28. The number of amides is 3. The largest absolute Gasteiger partial charge is 0.465 e. The van der Waals surface area contributed by atoms with Gasteiger partial charge >= 0.3 is 24.5 Å². The fourth-order valence-electron chi connectivity index (χ4n) is 3.55. The highest BCUT2D eigenvalue weighted by atomic mass is 35.5. The maximum absolute atomic E-state index is 13.0. The molecule has 6 nitrogen and oxygen atoms in total. The number of carbonyl (C=O) groups excluding carboxylic acids is 1. The van der Waals surface area contributed by atoms with E-state index < -0.39 is 53.3 Å². The van der Waals surface area contributed by atoms with Gasteiger partial charge < -0.3 is 20.6 Å². The fraction of sp³-hybridized carbons (Fsp3) is 0.300. The molecule has 1 unspecified atom stereocenters. The maximum Gasteiger partial charge on any atom is 0.416 e. The van der Waals surface area contributed by atoms with Crippen LogP contribution >= 0.6 is 23.2 Å². The van der Waals surface area contributed by atoms with E-state index >= 15 is 0 Å². The van der Waals surface area contributed by atoms with Gasteiger partial charge in [0.25, 0.3) is 0 Å². The van der Waals surface area contributed by atoms with E-state index in [4.69, 9.17) is 23.2 Å². The zero-order valence-corrected chi connectivity index (χ0v) is 18.3. The number of likely N-dealkylation sites (tertiary alicyclic amines) is 1. The standard InChI is InChI=1S/C20H15Cl2F6N3O3/c21-14-2-1-9(3-15(14)22)13-7-31(18(33)34)8-16(13)30-17(32)29-12-5-10(19(23,24)25)4-11(6-12)20(26,27)28/h1-6,13,16H,7-8H2,(H,33,34)(H2,29,30,32)/t13-,16?/m0/s1. The van der Waals surface area contributed by atoms with Gasteiger partial charge in [0, 0.05) is 24.7 Å². The zero-order valence-electron chi connectivity index (χ0n) is 16.8. The predicted molar refractivity (Wildman–Crippen MR) is 111 cm³/mol. The van der Waals surface area contributed by atoms with E-state index in [0.29, 0.717) is 17.7 Å². The summed E-state index contributed by atoms with van der Waals surface area (Å²) in [5.41, 5.74) is -3.39. The van der Waals surface area contributed by atoms with Crippen LogP contribution in [0.5, 0.6) is 0 Å². The molecule has 0 bridgehead atoms. The number of anilines is 1. The Morgan fingerprint density at radius 3 is 2.00 bits per heavy atom. The van der Waals surface area contributed by atoms with Crippen LogP contribution in [0.3, 0.4) is 0 Å². The van der Waals surface area contributed by atoms with Gasteiger partial charge in [-0.05, 0) is 35.9 Å². The average molecular weight is 530 g/mol. The number of hydrogen-bond acceptors (Lipinski definition) is 2. The molecule has 34 heavy (non-hydrogen) atoms. The second-order valence-electron chi connectivity index (χ2n) is 7.47. The Bertz CT molecular complexity index is 1080. The number of urea groups is 1. The monoisotopic (exact) mass is 529 g/mol. The molecule has 3 amide bonds. The van der Waals surface area contributed by atoms with Crippen molar-refractivity contribution in [3.63, 3.8) is 0 Å². The van der Waals surface area contributed by atoms with Crippen molar-refractivity contribution >= 4 is 41.0 Å². The first-order chi connectivity index (χ1) is 15.6. The van der Waals surface area contributed by atoms with Gasteiger partial charge in [0.2, 0.25) is 0 Å². The molecule has 1 saturated heterocycles. The van der Waals surface area contributed by atoms with Crippen molar-refractivity contribution in [2.75, 3.05) is 18.4 Å². The number of carbonyl (C=O) groups is 2. The molecule has 1 heterocycles. The second kappa shape index (κ2) is 9.41. The number of halogens is 8. The minimum atomic E-state index is -5.08. The molecule has 2 aromatic rings. The lowest BCUT2D eigenvalue weighted by Gasteiger charge is -2.21. The topological polar surface area (TPSA) is 81.7 Å². The van der Waals surface area contributed by atoms with E-state index in [-0.39, 0.29) is 29.2 Å². The fourth-order valence-corrected chi connectivity index (χ4v) is 3.86. The van der Waals surface area contributed by atoms with Gasteiger partial charge in [-0.1, -0.05) is 29.3 Å². The minimum absolute atomic E-state index is 0.0416. The Kier molecular flexibility index (Phi) is 7.13. The molecule has 0 aromatic heterocycles. The van der Waals surface area contributed by atoms with Crippen LogP contribution in [0.15, 0.2) is 36.4 Å². The smallest absolute Gasteiger partial charge is 0.416 e. The molecular weight excluding hydrogens is 515 g/mol. The molecule has 0 radical (unpaired) electrons. The molecule has 184 valence electrons. The summed E-state index contributed by atoms with van der Waals surface area (Å²) in [4.78, 5) is 24.9. The van der Waals surface area contributed by atoms with Crippen LogP contribution < -0.4 is 10.6 Å². The van der Waals surface area contributed by atoms with Crippen LogP contribution in [0.2, 0.25) is 10.0 Å². The van der Waals surface area contributed by atoms with Crippen molar-refractivity contribution in [2.45, 2.75) is 24.3 Å². The van der Waals surface area contributed by atoms with Gasteiger partial charge in [0.05, 0.1) is 27.2 Å². The van der Waals surface area contributed by atoms with Crippen molar-refractivity contribution in [1.29, 1.82) is 0 Å². The number of nitrogens with one attached hydrogen (secondary N) is 2. The molecule has 0 spiro atoms. The number of hydrogen-bond donors (Lipinski definition) is 3. The Hall–Kier alpha value is -2.86. The summed E-state index contributed by atoms with van der Waals surface area (Å²) in [6.07, 6.45) is -11.4. The molecule has 1 fully saturated rings. The van der Waals surface area contributed by atoms with Crippen molar-refractivity contribution in [1.82, 2.24) is 10.2 Å². The van der Waals surface area contributed by atoms with Crippen LogP contribution in [0, 0.1) is 0 Å². The molecule has 14 heteroatoms. The number of alkyl halides is 6. The van der Waals surface area contributed by atoms with E-state index in [0.717, 1.165) is 4.90 Å². The minimum Gasteiger partial charge on any atom is -0.465 e. The van der Waals surface area contributed by atoms with E-state index in [2.05, 4.69) is 5.32 Å². The Balaban J connectivity index is 1.84. The SMILES string of the molecule is O=C(Nc1cc(C(F)(F)F)cc(C(F)(F)F)c1)NC1CN(C(=O)O)C[C@H]1c1ccc(Cl)c(Cl)c1. The van der Waals surface area contributed by atoms with E-state index in [1.165, 1.54) is 12.1 Å². The van der Waals surface area contributed by atoms with Crippen LogP contribution in [-0.4, -0.2) is 41.3 Å². The van der Waals surface area contributed by atoms with Crippen LogP contribution in [0.25, 0.3) is 0 Å². The molecule has 0 saturated carbocycles.